The Hall–Kier alpha value is -3.38. The normalized spacial score (nSPS) is 15.1. The number of nitrogens with zero attached hydrogens (tertiary/aromatic N) is 1. The molecule has 6 heteroatoms. The highest BCUT2D eigenvalue weighted by Crippen LogP contribution is 2.31. The Morgan fingerprint density at radius 1 is 0.931 bits per heavy atom. The Morgan fingerprint density at radius 2 is 1.62 bits per heavy atom. The van der Waals surface area contributed by atoms with Crippen molar-refractivity contribution < 1.29 is 24.2 Å². The van der Waals surface area contributed by atoms with Gasteiger partial charge in [0.25, 0.3) is 5.91 Å². The maximum Gasteiger partial charge on any atom is 0.343 e. The van der Waals surface area contributed by atoms with Crippen molar-refractivity contribution in [1.29, 1.82) is 0 Å². The zero-order chi connectivity index (χ0) is 20.2. The zero-order valence-corrected chi connectivity index (χ0v) is 15.8. The molecule has 1 aliphatic rings. The van der Waals surface area contributed by atoms with E-state index in [4.69, 9.17) is 9.47 Å². The molecule has 1 aliphatic heterocycles. The highest BCUT2D eigenvalue weighted by atomic mass is 16.5. The fourth-order valence-electron chi connectivity index (χ4n) is 3.43. The van der Waals surface area contributed by atoms with E-state index in [-0.39, 0.29) is 17.2 Å². The van der Waals surface area contributed by atoms with Gasteiger partial charge >= 0.3 is 5.97 Å². The van der Waals surface area contributed by atoms with Crippen LogP contribution in [0.4, 0.5) is 0 Å². The van der Waals surface area contributed by atoms with Crippen molar-refractivity contribution in [3.05, 3.63) is 77.9 Å². The number of esters is 1. The van der Waals surface area contributed by atoms with Crippen LogP contribution in [-0.4, -0.2) is 48.2 Å². The SMILES string of the molecule is O=C(O[C@H](C(=O)N1CCOCC1)c1ccccc1)c1ccc2ccccc2c1O. The van der Waals surface area contributed by atoms with Crippen molar-refractivity contribution >= 4 is 22.6 Å². The van der Waals surface area contributed by atoms with Crippen LogP contribution in [0.1, 0.15) is 22.0 Å². The lowest BCUT2D eigenvalue weighted by Crippen LogP contribution is -2.44. The van der Waals surface area contributed by atoms with Gasteiger partial charge < -0.3 is 19.5 Å². The van der Waals surface area contributed by atoms with E-state index in [1.165, 1.54) is 6.07 Å². The molecular weight excluding hydrogens is 370 g/mol. The molecular formula is C23H21NO5. The molecule has 1 heterocycles. The first-order valence-electron chi connectivity index (χ1n) is 9.48. The van der Waals surface area contributed by atoms with Crippen LogP contribution in [0.2, 0.25) is 0 Å². The van der Waals surface area contributed by atoms with Gasteiger partial charge in [0.05, 0.1) is 13.2 Å². The lowest BCUT2D eigenvalue weighted by Gasteiger charge is -2.30. The molecule has 1 amide bonds. The number of carbonyl (C=O) groups excluding carboxylic acids is 2. The predicted octanol–water partition coefficient (Wildman–Crippen LogP) is 3.30. The van der Waals surface area contributed by atoms with E-state index >= 15 is 0 Å². The molecule has 0 radical (unpaired) electrons. The van der Waals surface area contributed by atoms with E-state index in [2.05, 4.69) is 0 Å². The molecule has 1 N–H and O–H groups in total. The molecule has 1 fully saturated rings. The third-order valence-electron chi connectivity index (χ3n) is 4.99. The average Bonchev–Trinajstić information content (AvgIpc) is 2.78. The van der Waals surface area contributed by atoms with Crippen molar-refractivity contribution in [2.45, 2.75) is 6.10 Å². The first-order valence-corrected chi connectivity index (χ1v) is 9.48. The van der Waals surface area contributed by atoms with Gasteiger partial charge in [-0.25, -0.2) is 4.79 Å². The van der Waals surface area contributed by atoms with E-state index in [9.17, 15) is 14.7 Å². The molecule has 3 aromatic rings. The van der Waals surface area contributed by atoms with Crippen LogP contribution >= 0.6 is 0 Å². The molecule has 6 nitrogen and oxygen atoms in total. The summed E-state index contributed by atoms with van der Waals surface area (Å²) >= 11 is 0. The van der Waals surface area contributed by atoms with Gasteiger partial charge in [-0.2, -0.15) is 0 Å². The standard InChI is InChI=1S/C23H21NO5/c25-20-18-9-5-4-6-16(18)10-11-19(20)23(27)29-21(17-7-2-1-3-8-17)22(26)24-12-14-28-15-13-24/h1-11,21,25H,12-15H2/t21-/m0/s1. The van der Waals surface area contributed by atoms with Gasteiger partial charge in [-0.1, -0.05) is 60.7 Å². The second-order valence-electron chi connectivity index (χ2n) is 6.82. The summed E-state index contributed by atoms with van der Waals surface area (Å²) < 4.78 is 10.9. The van der Waals surface area contributed by atoms with E-state index in [1.807, 2.05) is 18.2 Å². The van der Waals surface area contributed by atoms with Crippen LogP contribution in [0.5, 0.6) is 5.75 Å². The van der Waals surface area contributed by atoms with E-state index in [0.29, 0.717) is 37.3 Å². The molecule has 148 valence electrons. The molecule has 1 saturated heterocycles. The number of hydrogen-bond donors (Lipinski definition) is 1. The van der Waals surface area contributed by atoms with E-state index < -0.39 is 12.1 Å². The summed E-state index contributed by atoms with van der Waals surface area (Å²) in [4.78, 5) is 27.6. The number of amides is 1. The molecule has 0 saturated carbocycles. The molecule has 0 unspecified atom stereocenters. The number of phenols is 1. The van der Waals surface area contributed by atoms with Crippen molar-refractivity contribution in [2.75, 3.05) is 26.3 Å². The second kappa shape index (κ2) is 8.32. The Kier molecular flexibility index (Phi) is 5.44. The van der Waals surface area contributed by atoms with Gasteiger partial charge in [-0.15, -0.1) is 0 Å². The lowest BCUT2D eigenvalue weighted by molar-refractivity contribution is -0.145. The molecule has 0 aromatic heterocycles. The number of ether oxygens (including phenoxy) is 2. The molecule has 0 spiro atoms. The second-order valence-corrected chi connectivity index (χ2v) is 6.82. The van der Waals surface area contributed by atoms with Crippen LogP contribution in [0.15, 0.2) is 66.7 Å². The Balaban J connectivity index is 1.64. The van der Waals surface area contributed by atoms with Crippen molar-refractivity contribution in [3.8, 4) is 5.75 Å². The predicted molar refractivity (Wildman–Crippen MR) is 108 cm³/mol. The summed E-state index contributed by atoms with van der Waals surface area (Å²) in [5.74, 6) is -1.20. The number of rotatable bonds is 4. The van der Waals surface area contributed by atoms with Crippen molar-refractivity contribution in [3.63, 3.8) is 0 Å². The minimum atomic E-state index is -1.09. The zero-order valence-electron chi connectivity index (χ0n) is 15.8. The van der Waals surface area contributed by atoms with Crippen LogP contribution in [0, 0.1) is 0 Å². The first kappa shape index (κ1) is 19.0. The van der Waals surface area contributed by atoms with Gasteiger partial charge in [0.2, 0.25) is 6.10 Å². The van der Waals surface area contributed by atoms with Gasteiger partial charge in [0, 0.05) is 24.0 Å². The lowest BCUT2D eigenvalue weighted by atomic mass is 10.0. The molecule has 29 heavy (non-hydrogen) atoms. The van der Waals surface area contributed by atoms with Gasteiger partial charge in [0.15, 0.2) is 0 Å². The Bertz CT molecular complexity index is 1030. The van der Waals surface area contributed by atoms with Crippen LogP contribution in [-0.2, 0) is 14.3 Å². The Labute approximate surface area is 168 Å². The summed E-state index contributed by atoms with van der Waals surface area (Å²) in [5.41, 5.74) is 0.608. The molecule has 0 bridgehead atoms. The quantitative estimate of drug-likeness (QED) is 0.691. The highest BCUT2D eigenvalue weighted by molar-refractivity contribution is 6.02. The number of morpholine rings is 1. The Morgan fingerprint density at radius 3 is 2.38 bits per heavy atom. The van der Waals surface area contributed by atoms with Gasteiger partial charge in [-0.3, -0.25) is 4.79 Å². The minimum absolute atomic E-state index is 0.0272. The maximum atomic E-state index is 13.1. The third-order valence-corrected chi connectivity index (χ3v) is 4.99. The monoisotopic (exact) mass is 391 g/mol. The third kappa shape index (κ3) is 3.93. The average molecular weight is 391 g/mol. The van der Waals surface area contributed by atoms with Crippen LogP contribution < -0.4 is 0 Å². The summed E-state index contributed by atoms with van der Waals surface area (Å²) in [6, 6.07) is 19.4. The largest absolute Gasteiger partial charge is 0.506 e. The smallest absolute Gasteiger partial charge is 0.343 e. The minimum Gasteiger partial charge on any atom is -0.506 e. The number of hydrogen-bond acceptors (Lipinski definition) is 5. The maximum absolute atomic E-state index is 13.1. The molecule has 4 rings (SSSR count). The summed E-state index contributed by atoms with van der Waals surface area (Å²) in [7, 11) is 0. The summed E-state index contributed by atoms with van der Waals surface area (Å²) in [6.07, 6.45) is -1.09. The van der Waals surface area contributed by atoms with Crippen molar-refractivity contribution in [2.24, 2.45) is 0 Å². The number of benzene rings is 3. The van der Waals surface area contributed by atoms with Crippen LogP contribution in [0.3, 0.4) is 0 Å². The topological polar surface area (TPSA) is 76.1 Å². The van der Waals surface area contributed by atoms with E-state index in [0.717, 1.165) is 5.39 Å². The van der Waals surface area contributed by atoms with Gasteiger partial charge in [0.1, 0.15) is 11.3 Å². The number of aromatic hydroxyl groups is 1. The molecule has 0 aliphatic carbocycles. The number of fused-ring (bicyclic) bond motifs is 1. The van der Waals surface area contributed by atoms with Crippen LogP contribution in [0.25, 0.3) is 10.8 Å². The summed E-state index contributed by atoms with van der Waals surface area (Å²) in [5, 5.41) is 11.9. The molecule has 1 atom stereocenters. The fourth-order valence-corrected chi connectivity index (χ4v) is 3.43. The van der Waals surface area contributed by atoms with Gasteiger partial charge in [-0.05, 0) is 11.5 Å². The fraction of sp³-hybridized carbons (Fsp3) is 0.217. The first-order chi connectivity index (χ1) is 14.1. The molecule has 3 aromatic carbocycles. The van der Waals surface area contributed by atoms with Crippen molar-refractivity contribution in [1.82, 2.24) is 4.90 Å². The highest BCUT2D eigenvalue weighted by Gasteiger charge is 2.31. The van der Waals surface area contributed by atoms with E-state index in [1.54, 1.807) is 47.4 Å². The number of phenolic OH excluding ortho intramolecular Hbond substituents is 1. The number of carbonyl (C=O) groups is 2. The summed E-state index contributed by atoms with van der Waals surface area (Å²) in [6.45, 7) is 1.79.